The molecule has 19 heavy (non-hydrogen) atoms. The van der Waals surface area contributed by atoms with E-state index in [1.54, 1.807) is 10.8 Å². The van der Waals surface area contributed by atoms with Crippen LogP contribution >= 0.6 is 0 Å². The van der Waals surface area contributed by atoms with Crippen molar-refractivity contribution in [2.45, 2.75) is 44.8 Å². The number of hydrogen-bond acceptors (Lipinski definition) is 4. The number of aryl methyl sites for hydroxylation is 1. The molecule has 0 amide bonds. The van der Waals surface area contributed by atoms with Gasteiger partial charge in [-0.2, -0.15) is 9.61 Å². The molecule has 2 heterocycles. The van der Waals surface area contributed by atoms with Crippen LogP contribution in [0.2, 0.25) is 0 Å². The molecule has 1 N–H and O–H groups in total. The molecule has 0 radical (unpaired) electrons. The van der Waals surface area contributed by atoms with Gasteiger partial charge in [0.1, 0.15) is 12.4 Å². The van der Waals surface area contributed by atoms with E-state index in [0.717, 1.165) is 23.5 Å². The molecule has 0 aromatic carbocycles. The summed E-state index contributed by atoms with van der Waals surface area (Å²) in [5.41, 5.74) is 1.99. The number of likely N-dealkylation sites (N-methyl/N-ethyl adjacent to an activating group) is 1. The lowest BCUT2D eigenvalue weighted by atomic mass is 9.92. The summed E-state index contributed by atoms with van der Waals surface area (Å²) < 4.78 is 7.98. The van der Waals surface area contributed by atoms with Crippen molar-refractivity contribution in [1.82, 2.24) is 19.9 Å². The molecule has 1 fully saturated rings. The fourth-order valence-electron chi connectivity index (χ4n) is 2.83. The van der Waals surface area contributed by atoms with Crippen LogP contribution in [0.5, 0.6) is 5.88 Å². The Bertz CT molecular complexity index is 566. The summed E-state index contributed by atoms with van der Waals surface area (Å²) in [7, 11) is 2.01. The van der Waals surface area contributed by atoms with Crippen molar-refractivity contribution in [1.29, 1.82) is 0 Å². The van der Waals surface area contributed by atoms with E-state index < -0.39 is 0 Å². The Morgan fingerprint density at radius 3 is 3.00 bits per heavy atom. The van der Waals surface area contributed by atoms with E-state index in [0.29, 0.717) is 6.04 Å². The van der Waals surface area contributed by atoms with Gasteiger partial charge in [0.25, 0.3) is 0 Å². The first kappa shape index (κ1) is 12.4. The highest BCUT2D eigenvalue weighted by molar-refractivity contribution is 5.43. The second-order valence-corrected chi connectivity index (χ2v) is 5.24. The predicted molar refractivity (Wildman–Crippen MR) is 73.5 cm³/mol. The highest BCUT2D eigenvalue weighted by Crippen LogP contribution is 2.24. The normalized spacial score (nSPS) is 23.7. The van der Waals surface area contributed by atoms with Crippen molar-refractivity contribution in [3.63, 3.8) is 0 Å². The lowest BCUT2D eigenvalue weighted by Gasteiger charge is -2.31. The van der Waals surface area contributed by atoms with Crippen molar-refractivity contribution in [2.24, 2.45) is 0 Å². The van der Waals surface area contributed by atoms with Crippen molar-refractivity contribution in [3.8, 4) is 5.88 Å². The number of hydrogen-bond donors (Lipinski definition) is 1. The van der Waals surface area contributed by atoms with E-state index in [1.165, 1.54) is 19.3 Å². The average Bonchev–Trinajstić information content (AvgIpc) is 2.87. The Balaban J connectivity index is 1.89. The van der Waals surface area contributed by atoms with Gasteiger partial charge in [0.05, 0.1) is 0 Å². The zero-order valence-electron chi connectivity index (χ0n) is 11.5. The maximum Gasteiger partial charge on any atom is 0.217 e. The number of pyridine rings is 1. The van der Waals surface area contributed by atoms with Gasteiger partial charge in [0.15, 0.2) is 5.65 Å². The third kappa shape index (κ3) is 2.42. The van der Waals surface area contributed by atoms with Crippen LogP contribution in [0.1, 0.15) is 31.2 Å². The monoisotopic (exact) mass is 260 g/mol. The van der Waals surface area contributed by atoms with Crippen molar-refractivity contribution in [3.05, 3.63) is 24.0 Å². The van der Waals surface area contributed by atoms with E-state index in [1.807, 2.05) is 19.2 Å². The molecule has 1 aliphatic carbocycles. The van der Waals surface area contributed by atoms with Crippen LogP contribution < -0.4 is 10.1 Å². The molecule has 5 nitrogen and oxygen atoms in total. The number of fused-ring (bicyclic) bond motifs is 1. The van der Waals surface area contributed by atoms with Crippen molar-refractivity contribution >= 4 is 5.65 Å². The van der Waals surface area contributed by atoms with Crippen LogP contribution in [0.25, 0.3) is 5.65 Å². The second kappa shape index (κ2) is 5.17. The first-order valence-corrected chi connectivity index (χ1v) is 6.92. The largest absolute Gasteiger partial charge is 0.473 e. The van der Waals surface area contributed by atoms with Gasteiger partial charge in [-0.3, -0.25) is 0 Å². The summed E-state index contributed by atoms with van der Waals surface area (Å²) in [5, 5.41) is 7.60. The summed E-state index contributed by atoms with van der Waals surface area (Å²) in [6.07, 6.45) is 6.56. The molecule has 2 aromatic heterocycles. The molecule has 0 bridgehead atoms. The van der Waals surface area contributed by atoms with Crippen LogP contribution in [0.3, 0.4) is 0 Å². The molecular formula is C14H20N4O. The second-order valence-electron chi connectivity index (χ2n) is 5.24. The van der Waals surface area contributed by atoms with Crippen molar-refractivity contribution in [2.75, 3.05) is 7.05 Å². The van der Waals surface area contributed by atoms with E-state index in [2.05, 4.69) is 22.3 Å². The molecule has 0 saturated heterocycles. The number of nitrogens with zero attached hydrogens (tertiary/aromatic N) is 3. The molecule has 102 valence electrons. The van der Waals surface area contributed by atoms with E-state index in [-0.39, 0.29) is 6.10 Å². The van der Waals surface area contributed by atoms with Gasteiger partial charge in [-0.05, 0) is 44.9 Å². The Hall–Kier alpha value is -1.62. The molecule has 2 aromatic rings. The van der Waals surface area contributed by atoms with E-state index >= 15 is 0 Å². The van der Waals surface area contributed by atoms with Gasteiger partial charge in [0.2, 0.25) is 5.88 Å². The van der Waals surface area contributed by atoms with Crippen molar-refractivity contribution < 1.29 is 4.74 Å². The lowest BCUT2D eigenvalue weighted by molar-refractivity contribution is 0.110. The molecular weight excluding hydrogens is 240 g/mol. The number of ether oxygens (including phenoxy) is 1. The summed E-state index contributed by atoms with van der Waals surface area (Å²) in [6.45, 7) is 2.05. The first-order valence-electron chi connectivity index (χ1n) is 6.92. The molecule has 0 aliphatic heterocycles. The Kier molecular flexibility index (Phi) is 3.38. The smallest absolute Gasteiger partial charge is 0.217 e. The first-order chi connectivity index (χ1) is 9.28. The minimum absolute atomic E-state index is 0.216. The fraction of sp³-hybridized carbons (Fsp3) is 0.571. The fourth-order valence-corrected chi connectivity index (χ4v) is 2.83. The Morgan fingerprint density at radius 1 is 1.32 bits per heavy atom. The van der Waals surface area contributed by atoms with Crippen LogP contribution in [0.4, 0.5) is 0 Å². The summed E-state index contributed by atoms with van der Waals surface area (Å²) >= 11 is 0. The van der Waals surface area contributed by atoms with Gasteiger partial charge < -0.3 is 10.1 Å². The van der Waals surface area contributed by atoms with Gasteiger partial charge in [-0.15, -0.1) is 0 Å². The third-order valence-corrected chi connectivity index (χ3v) is 3.84. The zero-order valence-corrected chi connectivity index (χ0v) is 11.5. The van der Waals surface area contributed by atoms with Crippen LogP contribution in [-0.2, 0) is 0 Å². The SMILES string of the molecule is CNC1CCCCC1Oc1cc(C)cc2ncnn12. The minimum Gasteiger partial charge on any atom is -0.473 e. The minimum atomic E-state index is 0.216. The van der Waals surface area contributed by atoms with E-state index in [9.17, 15) is 0 Å². The highest BCUT2D eigenvalue weighted by Gasteiger charge is 2.26. The quantitative estimate of drug-likeness (QED) is 0.916. The Labute approximate surface area is 113 Å². The number of nitrogens with one attached hydrogen (secondary N) is 1. The molecule has 5 heteroatoms. The topological polar surface area (TPSA) is 51.5 Å². The molecule has 0 spiro atoms. The summed E-state index contributed by atoms with van der Waals surface area (Å²) in [5.74, 6) is 0.791. The average molecular weight is 260 g/mol. The number of aromatic nitrogens is 3. The van der Waals surface area contributed by atoms with E-state index in [4.69, 9.17) is 4.74 Å². The molecule has 1 saturated carbocycles. The maximum atomic E-state index is 6.21. The Morgan fingerprint density at radius 2 is 2.16 bits per heavy atom. The van der Waals surface area contributed by atoms with Crippen LogP contribution in [0.15, 0.2) is 18.5 Å². The zero-order chi connectivity index (χ0) is 13.2. The van der Waals surface area contributed by atoms with Crippen LogP contribution in [0, 0.1) is 6.92 Å². The van der Waals surface area contributed by atoms with Gasteiger partial charge >= 0.3 is 0 Å². The standard InChI is InChI=1S/C14H20N4O/c1-10-7-13-16-9-17-18(13)14(8-10)19-12-6-4-3-5-11(12)15-2/h7-9,11-12,15H,3-6H2,1-2H3. The molecule has 1 aliphatic rings. The molecule has 2 atom stereocenters. The third-order valence-electron chi connectivity index (χ3n) is 3.84. The summed E-state index contributed by atoms with van der Waals surface area (Å²) in [6, 6.07) is 4.46. The number of rotatable bonds is 3. The predicted octanol–water partition coefficient (Wildman–Crippen LogP) is 1.95. The van der Waals surface area contributed by atoms with Gasteiger partial charge in [-0.25, -0.2) is 4.98 Å². The van der Waals surface area contributed by atoms with Gasteiger partial charge in [-0.1, -0.05) is 6.42 Å². The summed E-state index contributed by atoms with van der Waals surface area (Å²) in [4.78, 5) is 4.23. The van der Waals surface area contributed by atoms with Gasteiger partial charge in [0, 0.05) is 12.1 Å². The molecule has 2 unspecified atom stereocenters. The lowest BCUT2D eigenvalue weighted by Crippen LogP contribution is -2.43. The highest BCUT2D eigenvalue weighted by atomic mass is 16.5. The molecule has 3 rings (SSSR count). The van der Waals surface area contributed by atoms with Crippen LogP contribution in [-0.4, -0.2) is 33.8 Å². The maximum absolute atomic E-state index is 6.21.